The molecule has 0 unspecified atom stereocenters. The van der Waals surface area contributed by atoms with Crippen molar-refractivity contribution in [2.75, 3.05) is 19.9 Å². The number of alkyl halides is 2. The molecule has 0 saturated carbocycles. The Bertz CT molecular complexity index is 965. The van der Waals surface area contributed by atoms with Crippen LogP contribution in [0.1, 0.15) is 18.1 Å². The average molecular weight is 442 g/mol. The van der Waals surface area contributed by atoms with Gasteiger partial charge >= 0.3 is 6.61 Å². The SMILES string of the molecule is CCOc1cccc(CNC(=NC)NCc2ccc(S(C)(=O)=O)cc2)c1OC(F)F. The largest absolute Gasteiger partial charge is 0.490 e. The van der Waals surface area contributed by atoms with Crippen molar-refractivity contribution in [3.8, 4) is 11.5 Å². The van der Waals surface area contributed by atoms with E-state index in [2.05, 4.69) is 20.4 Å². The number of ether oxygens (including phenoxy) is 2. The van der Waals surface area contributed by atoms with E-state index in [4.69, 9.17) is 4.74 Å². The summed E-state index contributed by atoms with van der Waals surface area (Å²) in [4.78, 5) is 4.35. The van der Waals surface area contributed by atoms with Crippen molar-refractivity contribution >= 4 is 15.8 Å². The van der Waals surface area contributed by atoms with Crippen LogP contribution in [-0.4, -0.2) is 40.9 Å². The van der Waals surface area contributed by atoms with Gasteiger partial charge in [-0.15, -0.1) is 0 Å². The lowest BCUT2D eigenvalue weighted by Crippen LogP contribution is -2.36. The van der Waals surface area contributed by atoms with E-state index >= 15 is 0 Å². The van der Waals surface area contributed by atoms with Crippen LogP contribution in [0.25, 0.3) is 0 Å². The molecule has 2 aromatic carbocycles. The van der Waals surface area contributed by atoms with Crippen molar-refractivity contribution in [3.63, 3.8) is 0 Å². The zero-order chi connectivity index (χ0) is 22.1. The van der Waals surface area contributed by atoms with E-state index in [1.807, 2.05) is 0 Å². The number of hydrogen-bond acceptors (Lipinski definition) is 5. The number of aliphatic imine (C=N–C) groups is 1. The van der Waals surface area contributed by atoms with Crippen LogP contribution in [0.3, 0.4) is 0 Å². The Kier molecular flexibility index (Phi) is 8.40. The van der Waals surface area contributed by atoms with E-state index in [0.717, 1.165) is 11.8 Å². The van der Waals surface area contributed by atoms with Crippen molar-refractivity contribution in [2.24, 2.45) is 4.99 Å². The van der Waals surface area contributed by atoms with Gasteiger partial charge in [0.05, 0.1) is 11.5 Å². The van der Waals surface area contributed by atoms with Crippen LogP contribution in [0.5, 0.6) is 11.5 Å². The number of benzene rings is 2. The molecule has 0 aliphatic rings. The summed E-state index contributed by atoms with van der Waals surface area (Å²) in [6, 6.07) is 11.4. The van der Waals surface area contributed by atoms with Gasteiger partial charge in [-0.1, -0.05) is 24.3 Å². The topological polar surface area (TPSA) is 89.0 Å². The molecule has 0 saturated heterocycles. The third-order valence-corrected chi connectivity index (χ3v) is 5.18. The summed E-state index contributed by atoms with van der Waals surface area (Å²) in [5.74, 6) is 0.659. The summed E-state index contributed by atoms with van der Waals surface area (Å²) >= 11 is 0. The molecule has 0 radical (unpaired) electrons. The van der Waals surface area contributed by atoms with Crippen LogP contribution in [0.2, 0.25) is 0 Å². The van der Waals surface area contributed by atoms with Gasteiger partial charge in [0.2, 0.25) is 0 Å². The third kappa shape index (κ3) is 6.87. The smallest absolute Gasteiger partial charge is 0.387 e. The molecule has 7 nitrogen and oxygen atoms in total. The van der Waals surface area contributed by atoms with E-state index in [-0.39, 0.29) is 22.9 Å². The molecule has 0 bridgehead atoms. The average Bonchev–Trinajstić information content (AvgIpc) is 2.69. The molecule has 0 amide bonds. The number of sulfone groups is 1. The highest BCUT2D eigenvalue weighted by molar-refractivity contribution is 7.90. The number of para-hydroxylation sites is 1. The first kappa shape index (κ1) is 23.4. The van der Waals surface area contributed by atoms with Crippen molar-refractivity contribution < 1.29 is 26.7 Å². The Labute approximate surface area is 175 Å². The van der Waals surface area contributed by atoms with Gasteiger partial charge in [-0.3, -0.25) is 4.99 Å². The summed E-state index contributed by atoms with van der Waals surface area (Å²) in [7, 11) is -1.67. The maximum atomic E-state index is 12.8. The number of nitrogens with one attached hydrogen (secondary N) is 2. The Morgan fingerprint density at radius 2 is 1.77 bits per heavy atom. The fourth-order valence-corrected chi connectivity index (χ4v) is 3.26. The predicted octanol–water partition coefficient (Wildman–Crippen LogP) is 2.96. The molecule has 0 aliphatic heterocycles. The monoisotopic (exact) mass is 441 g/mol. The highest BCUT2D eigenvalue weighted by Gasteiger charge is 2.16. The number of halogens is 2. The van der Waals surface area contributed by atoms with E-state index in [9.17, 15) is 17.2 Å². The van der Waals surface area contributed by atoms with Gasteiger partial charge in [0, 0.05) is 32.0 Å². The lowest BCUT2D eigenvalue weighted by atomic mass is 10.2. The second kappa shape index (κ2) is 10.8. The van der Waals surface area contributed by atoms with Crippen LogP contribution >= 0.6 is 0 Å². The quantitative estimate of drug-likeness (QED) is 0.460. The van der Waals surface area contributed by atoms with Crippen LogP contribution < -0.4 is 20.1 Å². The van der Waals surface area contributed by atoms with Crippen molar-refractivity contribution in [1.29, 1.82) is 0 Å². The molecule has 30 heavy (non-hydrogen) atoms. The van der Waals surface area contributed by atoms with Gasteiger partial charge in [-0.05, 0) is 30.7 Å². The van der Waals surface area contributed by atoms with Crippen molar-refractivity contribution in [3.05, 3.63) is 53.6 Å². The second-order valence-corrected chi connectivity index (χ2v) is 8.27. The molecule has 2 rings (SSSR count). The van der Waals surface area contributed by atoms with Gasteiger partial charge < -0.3 is 20.1 Å². The maximum Gasteiger partial charge on any atom is 0.387 e. The molecule has 0 aliphatic carbocycles. The molecule has 164 valence electrons. The molecule has 0 atom stereocenters. The van der Waals surface area contributed by atoms with E-state index in [0.29, 0.717) is 24.7 Å². The third-order valence-electron chi connectivity index (χ3n) is 4.05. The van der Waals surface area contributed by atoms with Gasteiger partial charge in [0.15, 0.2) is 27.3 Å². The van der Waals surface area contributed by atoms with Crippen LogP contribution in [0, 0.1) is 0 Å². The number of hydrogen-bond donors (Lipinski definition) is 2. The molecular formula is C20H25F2N3O4S. The van der Waals surface area contributed by atoms with Crippen molar-refractivity contribution in [2.45, 2.75) is 31.5 Å². The molecule has 2 aromatic rings. The van der Waals surface area contributed by atoms with Crippen LogP contribution in [0.15, 0.2) is 52.4 Å². The first-order valence-corrected chi connectivity index (χ1v) is 11.1. The highest BCUT2D eigenvalue weighted by atomic mass is 32.2. The Morgan fingerprint density at radius 1 is 1.10 bits per heavy atom. The number of guanidine groups is 1. The molecule has 0 fully saturated rings. The van der Waals surface area contributed by atoms with Crippen LogP contribution in [0.4, 0.5) is 8.78 Å². The Balaban J connectivity index is 2.03. The molecule has 0 heterocycles. The number of nitrogens with zero attached hydrogens (tertiary/aromatic N) is 1. The zero-order valence-corrected chi connectivity index (χ0v) is 17.8. The predicted molar refractivity (Wildman–Crippen MR) is 111 cm³/mol. The lowest BCUT2D eigenvalue weighted by molar-refractivity contribution is -0.0520. The fourth-order valence-electron chi connectivity index (χ4n) is 2.63. The normalized spacial score (nSPS) is 12.0. The van der Waals surface area contributed by atoms with Gasteiger partial charge in [-0.25, -0.2) is 8.42 Å². The fraction of sp³-hybridized carbons (Fsp3) is 0.350. The summed E-state index contributed by atoms with van der Waals surface area (Å²) in [5.41, 5.74) is 1.34. The first-order valence-electron chi connectivity index (χ1n) is 9.17. The molecule has 0 spiro atoms. The number of rotatable bonds is 9. The molecular weight excluding hydrogens is 416 g/mol. The molecule has 10 heteroatoms. The standard InChI is InChI=1S/C20H25F2N3O4S/c1-4-28-17-7-5-6-15(18(17)29-19(21)22)13-25-20(23-2)24-12-14-8-10-16(11-9-14)30(3,26)27/h5-11,19H,4,12-13H2,1-3H3,(H2,23,24,25). The van der Waals surface area contributed by atoms with Crippen molar-refractivity contribution in [1.82, 2.24) is 10.6 Å². The van der Waals surface area contributed by atoms with Crippen LogP contribution in [-0.2, 0) is 22.9 Å². The Morgan fingerprint density at radius 3 is 2.33 bits per heavy atom. The van der Waals surface area contributed by atoms with Gasteiger partial charge in [0.25, 0.3) is 0 Å². The molecule has 2 N–H and O–H groups in total. The summed E-state index contributed by atoms with van der Waals surface area (Å²) < 4.78 is 58.7. The summed E-state index contributed by atoms with van der Waals surface area (Å²) in [5, 5.41) is 6.12. The summed E-state index contributed by atoms with van der Waals surface area (Å²) in [6.45, 7) is -0.334. The lowest BCUT2D eigenvalue weighted by Gasteiger charge is -2.17. The van der Waals surface area contributed by atoms with Gasteiger partial charge in [-0.2, -0.15) is 8.78 Å². The summed E-state index contributed by atoms with van der Waals surface area (Å²) in [6.07, 6.45) is 1.15. The molecule has 0 aromatic heterocycles. The van der Waals surface area contributed by atoms with E-state index in [1.165, 1.54) is 12.1 Å². The minimum atomic E-state index is -3.25. The van der Waals surface area contributed by atoms with E-state index in [1.54, 1.807) is 44.3 Å². The van der Waals surface area contributed by atoms with E-state index < -0.39 is 16.4 Å². The second-order valence-electron chi connectivity index (χ2n) is 6.25. The first-order chi connectivity index (χ1) is 14.2. The highest BCUT2D eigenvalue weighted by Crippen LogP contribution is 2.32. The maximum absolute atomic E-state index is 12.8. The zero-order valence-electron chi connectivity index (χ0n) is 17.0. The minimum absolute atomic E-state index is 0.0198. The minimum Gasteiger partial charge on any atom is -0.490 e. The van der Waals surface area contributed by atoms with Gasteiger partial charge in [0.1, 0.15) is 0 Å². The Hall–Kier alpha value is -2.88.